The topological polar surface area (TPSA) is 50.7 Å². The fourth-order valence-electron chi connectivity index (χ4n) is 2.09. The van der Waals surface area contributed by atoms with Crippen molar-refractivity contribution in [3.63, 3.8) is 0 Å². The molecule has 112 valence electrons. The standard InChI is InChI=1S/C15H23NO3S/c1-3-16-13(9-20-8-11(2)7-17)12-4-5-14-15(6-12)19-10-18-14/h4-6,11,13,16-17H,3,7-10H2,1-2H3. The van der Waals surface area contributed by atoms with Gasteiger partial charge >= 0.3 is 0 Å². The molecule has 2 atom stereocenters. The van der Waals surface area contributed by atoms with Crippen molar-refractivity contribution in [3.8, 4) is 11.5 Å². The monoisotopic (exact) mass is 297 g/mol. The van der Waals surface area contributed by atoms with Crippen molar-refractivity contribution in [2.45, 2.75) is 19.9 Å². The second-order valence-corrected chi connectivity index (χ2v) is 6.12. The fourth-order valence-corrected chi connectivity index (χ4v) is 3.28. The Labute approximate surface area is 124 Å². The Balaban J connectivity index is 1.97. The molecule has 0 saturated heterocycles. The van der Waals surface area contributed by atoms with Crippen LogP contribution < -0.4 is 14.8 Å². The van der Waals surface area contributed by atoms with Crippen molar-refractivity contribution < 1.29 is 14.6 Å². The lowest BCUT2D eigenvalue weighted by molar-refractivity contribution is 0.174. The van der Waals surface area contributed by atoms with Crippen molar-refractivity contribution in [2.75, 3.05) is 31.5 Å². The van der Waals surface area contributed by atoms with Crippen LogP contribution in [0, 0.1) is 5.92 Å². The zero-order chi connectivity index (χ0) is 14.4. The molecule has 2 N–H and O–H groups in total. The minimum absolute atomic E-state index is 0.253. The van der Waals surface area contributed by atoms with Gasteiger partial charge < -0.3 is 19.9 Å². The number of hydrogen-bond donors (Lipinski definition) is 2. The van der Waals surface area contributed by atoms with Crippen molar-refractivity contribution in [2.24, 2.45) is 5.92 Å². The molecule has 0 aromatic heterocycles. The first-order valence-electron chi connectivity index (χ1n) is 7.06. The predicted octanol–water partition coefficient (Wildman–Crippen LogP) is 2.43. The maximum Gasteiger partial charge on any atom is 0.231 e. The van der Waals surface area contributed by atoms with Crippen molar-refractivity contribution in [3.05, 3.63) is 23.8 Å². The second kappa shape index (κ2) is 7.76. The van der Waals surface area contributed by atoms with Gasteiger partial charge in [0.2, 0.25) is 6.79 Å². The summed E-state index contributed by atoms with van der Waals surface area (Å²) in [6.07, 6.45) is 0. The largest absolute Gasteiger partial charge is 0.454 e. The molecule has 1 aliphatic heterocycles. The predicted molar refractivity (Wildman–Crippen MR) is 82.6 cm³/mol. The van der Waals surface area contributed by atoms with Crippen molar-refractivity contribution >= 4 is 11.8 Å². The molecular weight excluding hydrogens is 274 g/mol. The summed E-state index contributed by atoms with van der Waals surface area (Å²) in [5.41, 5.74) is 1.22. The van der Waals surface area contributed by atoms with E-state index in [0.717, 1.165) is 29.5 Å². The van der Waals surface area contributed by atoms with Crippen LogP contribution in [0.5, 0.6) is 11.5 Å². The van der Waals surface area contributed by atoms with Gasteiger partial charge in [-0.2, -0.15) is 11.8 Å². The highest BCUT2D eigenvalue weighted by Crippen LogP contribution is 2.34. The summed E-state index contributed by atoms with van der Waals surface area (Å²) in [6.45, 7) is 5.67. The summed E-state index contributed by atoms with van der Waals surface area (Å²) >= 11 is 1.87. The van der Waals surface area contributed by atoms with E-state index in [1.807, 2.05) is 17.8 Å². The van der Waals surface area contributed by atoms with E-state index in [4.69, 9.17) is 14.6 Å². The van der Waals surface area contributed by atoms with Crippen LogP contribution in [0.25, 0.3) is 0 Å². The summed E-state index contributed by atoms with van der Waals surface area (Å²) in [4.78, 5) is 0. The highest BCUT2D eigenvalue weighted by molar-refractivity contribution is 7.99. The summed E-state index contributed by atoms with van der Waals surface area (Å²) in [5.74, 6) is 3.96. The first-order valence-corrected chi connectivity index (χ1v) is 8.21. The van der Waals surface area contributed by atoms with E-state index in [9.17, 15) is 0 Å². The molecule has 0 saturated carbocycles. The molecule has 2 unspecified atom stereocenters. The van der Waals surface area contributed by atoms with Crippen LogP contribution in [-0.4, -0.2) is 36.6 Å². The number of aliphatic hydroxyl groups excluding tert-OH is 1. The zero-order valence-electron chi connectivity index (χ0n) is 12.1. The normalized spacial score (nSPS) is 16.1. The average molecular weight is 297 g/mol. The second-order valence-electron chi connectivity index (χ2n) is 5.05. The van der Waals surface area contributed by atoms with Crippen LogP contribution in [0.4, 0.5) is 0 Å². The van der Waals surface area contributed by atoms with Crippen LogP contribution in [0.1, 0.15) is 25.5 Å². The molecule has 2 rings (SSSR count). The van der Waals surface area contributed by atoms with Gasteiger partial charge in [-0.25, -0.2) is 0 Å². The van der Waals surface area contributed by atoms with E-state index < -0.39 is 0 Å². The van der Waals surface area contributed by atoms with Gasteiger partial charge in [-0.1, -0.05) is 19.9 Å². The third kappa shape index (κ3) is 4.04. The van der Waals surface area contributed by atoms with Gasteiger partial charge in [0.05, 0.1) is 0 Å². The Morgan fingerprint density at radius 3 is 2.85 bits per heavy atom. The Hall–Kier alpha value is -0.910. The van der Waals surface area contributed by atoms with Crippen LogP contribution in [0.2, 0.25) is 0 Å². The number of benzene rings is 1. The van der Waals surface area contributed by atoms with Crippen LogP contribution in [0.15, 0.2) is 18.2 Å². The molecule has 0 aliphatic carbocycles. The molecule has 0 fully saturated rings. The molecule has 5 heteroatoms. The summed E-state index contributed by atoms with van der Waals surface area (Å²) in [5, 5.41) is 12.6. The highest BCUT2D eigenvalue weighted by Gasteiger charge is 2.17. The van der Waals surface area contributed by atoms with E-state index in [2.05, 4.69) is 31.3 Å². The van der Waals surface area contributed by atoms with E-state index >= 15 is 0 Å². The molecule has 1 heterocycles. The Kier molecular flexibility index (Phi) is 6.01. The molecule has 20 heavy (non-hydrogen) atoms. The van der Waals surface area contributed by atoms with Crippen LogP contribution in [0.3, 0.4) is 0 Å². The minimum Gasteiger partial charge on any atom is -0.454 e. The average Bonchev–Trinajstić information content (AvgIpc) is 2.93. The van der Waals surface area contributed by atoms with E-state index in [0.29, 0.717) is 18.8 Å². The molecule has 0 radical (unpaired) electrons. The lowest BCUT2D eigenvalue weighted by Gasteiger charge is -2.19. The third-order valence-electron chi connectivity index (χ3n) is 3.25. The first-order chi connectivity index (χ1) is 9.74. The molecular formula is C15H23NO3S. The van der Waals surface area contributed by atoms with E-state index in [1.54, 1.807) is 0 Å². The lowest BCUT2D eigenvalue weighted by atomic mass is 10.1. The van der Waals surface area contributed by atoms with Gasteiger partial charge in [0.25, 0.3) is 0 Å². The first kappa shape index (κ1) is 15.5. The molecule has 0 bridgehead atoms. The Morgan fingerprint density at radius 2 is 2.10 bits per heavy atom. The number of nitrogens with one attached hydrogen (secondary N) is 1. The van der Waals surface area contributed by atoms with E-state index in [1.165, 1.54) is 5.56 Å². The molecule has 0 spiro atoms. The maximum atomic E-state index is 9.07. The molecule has 1 aromatic rings. The summed E-state index contributed by atoms with van der Waals surface area (Å²) in [7, 11) is 0. The SMILES string of the molecule is CCNC(CSCC(C)CO)c1ccc2c(c1)OCO2. The molecule has 4 nitrogen and oxygen atoms in total. The lowest BCUT2D eigenvalue weighted by Crippen LogP contribution is -2.23. The van der Waals surface area contributed by atoms with Gasteiger partial charge in [0.15, 0.2) is 11.5 Å². The smallest absolute Gasteiger partial charge is 0.231 e. The van der Waals surface area contributed by atoms with Gasteiger partial charge in [0, 0.05) is 18.4 Å². The van der Waals surface area contributed by atoms with Crippen LogP contribution in [-0.2, 0) is 0 Å². The summed E-state index contributed by atoms with van der Waals surface area (Å²) in [6, 6.07) is 6.43. The maximum absolute atomic E-state index is 9.07. The third-order valence-corrected chi connectivity index (χ3v) is 4.62. The number of hydrogen-bond acceptors (Lipinski definition) is 5. The number of rotatable bonds is 8. The number of fused-ring (bicyclic) bond motifs is 1. The van der Waals surface area contributed by atoms with Gasteiger partial charge in [-0.3, -0.25) is 0 Å². The number of aliphatic hydroxyl groups is 1. The van der Waals surface area contributed by atoms with Crippen molar-refractivity contribution in [1.29, 1.82) is 0 Å². The quantitative estimate of drug-likeness (QED) is 0.772. The van der Waals surface area contributed by atoms with Gasteiger partial charge in [0.1, 0.15) is 0 Å². The van der Waals surface area contributed by atoms with Crippen LogP contribution >= 0.6 is 11.8 Å². The number of thioether (sulfide) groups is 1. The number of ether oxygens (including phenoxy) is 2. The molecule has 1 aromatic carbocycles. The highest BCUT2D eigenvalue weighted by atomic mass is 32.2. The van der Waals surface area contributed by atoms with Crippen molar-refractivity contribution in [1.82, 2.24) is 5.32 Å². The molecule has 1 aliphatic rings. The fraction of sp³-hybridized carbons (Fsp3) is 0.600. The van der Waals surface area contributed by atoms with E-state index in [-0.39, 0.29) is 6.61 Å². The molecule has 0 amide bonds. The minimum atomic E-state index is 0.253. The van der Waals surface area contributed by atoms with Gasteiger partial charge in [-0.15, -0.1) is 0 Å². The Morgan fingerprint density at radius 1 is 1.30 bits per heavy atom. The zero-order valence-corrected chi connectivity index (χ0v) is 12.9. The Bertz CT molecular complexity index is 428. The van der Waals surface area contributed by atoms with Gasteiger partial charge in [-0.05, 0) is 35.9 Å². The summed E-state index contributed by atoms with van der Waals surface area (Å²) < 4.78 is 10.8.